The number of Topliss-reactive ketones (excluding diaryl/α,β-unsaturated/α-hetero) is 1. The molecule has 1 unspecified atom stereocenters. The zero-order chi connectivity index (χ0) is 17.2. The van der Waals surface area contributed by atoms with Crippen LogP contribution in [0.25, 0.3) is 5.57 Å². The maximum atomic E-state index is 12.7. The van der Waals surface area contributed by atoms with Gasteiger partial charge in [-0.15, -0.1) is 0 Å². The van der Waals surface area contributed by atoms with Crippen LogP contribution < -0.4 is 5.32 Å². The minimum absolute atomic E-state index is 0.0311. The van der Waals surface area contributed by atoms with E-state index in [1.165, 1.54) is 0 Å². The van der Waals surface area contributed by atoms with Crippen molar-refractivity contribution in [1.29, 1.82) is 0 Å². The molecule has 24 heavy (non-hydrogen) atoms. The average Bonchev–Trinajstić information content (AvgIpc) is 2.91. The maximum Gasteiger partial charge on any atom is 0.190 e. The number of carbonyl (C=O) groups excluding carboxylic acids is 1. The molecular formula is C20H23NO2Si. The molecule has 1 aliphatic rings. The molecule has 0 aromatic heterocycles. The first kappa shape index (κ1) is 16.7. The zero-order valence-corrected chi connectivity index (χ0v) is 15.1. The number of ketones is 1. The van der Waals surface area contributed by atoms with Crippen LogP contribution in [0.15, 0.2) is 66.2 Å². The van der Waals surface area contributed by atoms with E-state index >= 15 is 0 Å². The lowest BCUT2D eigenvalue weighted by molar-refractivity contribution is -0.113. The molecule has 3 rings (SSSR count). The smallest absolute Gasteiger partial charge is 0.190 e. The van der Waals surface area contributed by atoms with Gasteiger partial charge in [-0.3, -0.25) is 4.79 Å². The number of anilines is 1. The zero-order valence-electron chi connectivity index (χ0n) is 14.1. The summed E-state index contributed by atoms with van der Waals surface area (Å²) in [6.45, 7) is 4.42. The van der Waals surface area contributed by atoms with E-state index in [1.807, 2.05) is 73.8 Å². The van der Waals surface area contributed by atoms with Crippen molar-refractivity contribution in [2.24, 2.45) is 0 Å². The van der Waals surface area contributed by atoms with Gasteiger partial charge in [0.25, 0.3) is 0 Å². The summed E-state index contributed by atoms with van der Waals surface area (Å²) in [5.74, 6) is 0.144. The molecule has 124 valence electrons. The molecule has 1 aliphatic carbocycles. The standard InChI is InChI=1S/C20H23NO2Si/c1-24(2,23)19-13-18(22)20(15-9-5-3-6-10-15)17(19)14-21-16-11-7-4-8-12-16/h3-12,19,21,23H,13-14H2,1-2H3. The fourth-order valence-electron chi connectivity index (χ4n) is 3.36. The quantitative estimate of drug-likeness (QED) is 0.808. The summed E-state index contributed by atoms with van der Waals surface area (Å²) in [5, 5.41) is 3.41. The Kier molecular flexibility index (Phi) is 4.69. The Labute approximate surface area is 144 Å². The van der Waals surface area contributed by atoms with E-state index in [0.717, 1.165) is 22.4 Å². The summed E-state index contributed by atoms with van der Waals surface area (Å²) in [5.41, 5.74) is 3.78. The second-order valence-corrected chi connectivity index (χ2v) is 10.8. The van der Waals surface area contributed by atoms with E-state index in [2.05, 4.69) is 5.32 Å². The van der Waals surface area contributed by atoms with Gasteiger partial charge in [-0.1, -0.05) is 48.5 Å². The number of allylic oxidation sites excluding steroid dienone is 1. The van der Waals surface area contributed by atoms with E-state index in [-0.39, 0.29) is 11.3 Å². The first-order valence-corrected chi connectivity index (χ1v) is 11.3. The summed E-state index contributed by atoms with van der Waals surface area (Å²) in [7, 11) is -2.46. The van der Waals surface area contributed by atoms with Crippen molar-refractivity contribution in [2.45, 2.75) is 25.1 Å². The Balaban J connectivity index is 1.98. The van der Waals surface area contributed by atoms with Gasteiger partial charge in [0.05, 0.1) is 0 Å². The molecule has 0 heterocycles. The van der Waals surface area contributed by atoms with Crippen LogP contribution in [-0.4, -0.2) is 25.4 Å². The Bertz CT molecular complexity index is 748. The molecule has 2 aromatic carbocycles. The van der Waals surface area contributed by atoms with Gasteiger partial charge in [-0.25, -0.2) is 0 Å². The number of nitrogens with one attached hydrogen (secondary N) is 1. The highest BCUT2D eigenvalue weighted by Gasteiger charge is 2.42. The topological polar surface area (TPSA) is 49.3 Å². The van der Waals surface area contributed by atoms with Crippen LogP contribution in [0.3, 0.4) is 0 Å². The summed E-state index contributed by atoms with van der Waals surface area (Å²) in [6.07, 6.45) is 0.422. The molecule has 2 N–H and O–H groups in total. The van der Waals surface area contributed by atoms with Gasteiger partial charge >= 0.3 is 0 Å². The van der Waals surface area contributed by atoms with E-state index < -0.39 is 8.32 Å². The van der Waals surface area contributed by atoms with Crippen LogP contribution in [0, 0.1) is 0 Å². The summed E-state index contributed by atoms with van der Waals surface area (Å²) in [6, 6.07) is 19.8. The third kappa shape index (κ3) is 3.50. The summed E-state index contributed by atoms with van der Waals surface area (Å²) >= 11 is 0. The van der Waals surface area contributed by atoms with Gasteiger partial charge in [-0.2, -0.15) is 0 Å². The largest absolute Gasteiger partial charge is 0.432 e. The molecule has 0 radical (unpaired) electrons. The van der Waals surface area contributed by atoms with Crippen LogP contribution >= 0.6 is 0 Å². The van der Waals surface area contributed by atoms with Gasteiger partial charge in [0.2, 0.25) is 0 Å². The van der Waals surface area contributed by atoms with Crippen LogP contribution in [0.5, 0.6) is 0 Å². The number of hydrogen-bond acceptors (Lipinski definition) is 3. The third-order valence-corrected chi connectivity index (χ3v) is 6.84. The van der Waals surface area contributed by atoms with Crippen molar-refractivity contribution in [3.63, 3.8) is 0 Å². The molecule has 0 fully saturated rings. The van der Waals surface area contributed by atoms with Crippen molar-refractivity contribution < 1.29 is 9.59 Å². The maximum absolute atomic E-state index is 12.7. The molecule has 2 aromatic rings. The van der Waals surface area contributed by atoms with Crippen molar-refractivity contribution in [2.75, 3.05) is 11.9 Å². The lowest BCUT2D eigenvalue weighted by Crippen LogP contribution is -2.34. The Hall–Kier alpha value is -2.17. The number of benzene rings is 2. The Morgan fingerprint density at radius 2 is 1.62 bits per heavy atom. The second-order valence-electron chi connectivity index (χ2n) is 6.82. The summed E-state index contributed by atoms with van der Waals surface area (Å²) in [4.78, 5) is 23.4. The lowest BCUT2D eigenvalue weighted by atomic mass is 10.0. The second kappa shape index (κ2) is 6.75. The van der Waals surface area contributed by atoms with Crippen molar-refractivity contribution >= 4 is 25.4 Å². The van der Waals surface area contributed by atoms with Gasteiger partial charge in [-0.05, 0) is 36.4 Å². The van der Waals surface area contributed by atoms with Crippen LogP contribution in [0.2, 0.25) is 18.6 Å². The lowest BCUT2D eigenvalue weighted by Gasteiger charge is -2.25. The summed E-state index contributed by atoms with van der Waals surface area (Å²) < 4.78 is 0. The van der Waals surface area contributed by atoms with E-state index in [9.17, 15) is 9.59 Å². The molecule has 0 spiro atoms. The van der Waals surface area contributed by atoms with Gasteiger partial charge in [0.15, 0.2) is 14.1 Å². The van der Waals surface area contributed by atoms with Crippen molar-refractivity contribution in [1.82, 2.24) is 0 Å². The first-order valence-electron chi connectivity index (χ1n) is 8.30. The molecule has 1 atom stereocenters. The van der Waals surface area contributed by atoms with Crippen molar-refractivity contribution in [3.8, 4) is 0 Å². The Morgan fingerprint density at radius 1 is 1.04 bits per heavy atom. The highest BCUT2D eigenvalue weighted by Crippen LogP contribution is 2.44. The monoisotopic (exact) mass is 337 g/mol. The van der Waals surface area contributed by atoms with Crippen LogP contribution in [-0.2, 0) is 4.79 Å². The van der Waals surface area contributed by atoms with E-state index in [1.54, 1.807) is 0 Å². The van der Waals surface area contributed by atoms with Gasteiger partial charge < -0.3 is 10.1 Å². The number of carbonyl (C=O) groups is 1. The number of para-hydroxylation sites is 1. The third-order valence-electron chi connectivity index (χ3n) is 4.58. The predicted molar refractivity (Wildman–Crippen MR) is 101 cm³/mol. The highest BCUT2D eigenvalue weighted by molar-refractivity contribution is 6.73. The molecule has 0 aliphatic heterocycles. The first-order chi connectivity index (χ1) is 11.5. The molecule has 0 saturated heterocycles. The molecule has 3 nitrogen and oxygen atoms in total. The van der Waals surface area contributed by atoms with E-state index in [4.69, 9.17) is 0 Å². The van der Waals surface area contributed by atoms with Crippen molar-refractivity contribution in [3.05, 3.63) is 71.8 Å². The number of hydrogen-bond donors (Lipinski definition) is 2. The fraction of sp³-hybridized carbons (Fsp3) is 0.250. The predicted octanol–water partition coefficient (Wildman–Crippen LogP) is 4.09. The minimum Gasteiger partial charge on any atom is -0.432 e. The SMILES string of the molecule is C[Si](C)(O)C1CC(=O)C(c2ccccc2)=C1CNc1ccccc1. The molecule has 0 amide bonds. The molecular weight excluding hydrogens is 314 g/mol. The number of rotatable bonds is 5. The van der Waals surface area contributed by atoms with Gasteiger partial charge in [0.1, 0.15) is 0 Å². The molecule has 0 bridgehead atoms. The molecule has 0 saturated carbocycles. The highest BCUT2D eigenvalue weighted by atomic mass is 28.4. The fourth-order valence-corrected chi connectivity index (χ4v) is 5.14. The minimum atomic E-state index is -2.46. The average molecular weight is 337 g/mol. The normalized spacial score (nSPS) is 18.1. The van der Waals surface area contributed by atoms with Crippen LogP contribution in [0.4, 0.5) is 5.69 Å². The molecule has 4 heteroatoms. The van der Waals surface area contributed by atoms with E-state index in [0.29, 0.717) is 13.0 Å². The Morgan fingerprint density at radius 3 is 2.21 bits per heavy atom. The van der Waals surface area contributed by atoms with Crippen LogP contribution in [0.1, 0.15) is 12.0 Å². The van der Waals surface area contributed by atoms with Gasteiger partial charge in [0, 0.05) is 29.8 Å².